The van der Waals surface area contributed by atoms with Gasteiger partial charge in [0.2, 0.25) is 11.7 Å². The fourth-order valence-electron chi connectivity index (χ4n) is 3.24. The van der Waals surface area contributed by atoms with Crippen LogP contribution in [-0.2, 0) is 6.42 Å². The van der Waals surface area contributed by atoms with Crippen LogP contribution in [0, 0.1) is 6.92 Å². The predicted octanol–water partition coefficient (Wildman–Crippen LogP) is 4.46. The molecule has 0 saturated heterocycles. The molecule has 0 saturated carbocycles. The molecule has 138 valence electrons. The summed E-state index contributed by atoms with van der Waals surface area (Å²) in [7, 11) is 0. The van der Waals surface area contributed by atoms with Gasteiger partial charge in [-0.1, -0.05) is 21.1 Å². The van der Waals surface area contributed by atoms with Gasteiger partial charge in [-0.2, -0.15) is 10.1 Å². The lowest BCUT2D eigenvalue weighted by molar-refractivity contribution is 0.386. The van der Waals surface area contributed by atoms with Crippen molar-refractivity contribution in [2.75, 3.05) is 0 Å². The largest absolute Gasteiger partial charge is 0.358 e. The van der Waals surface area contributed by atoms with Crippen molar-refractivity contribution in [2.45, 2.75) is 13.3 Å². The van der Waals surface area contributed by atoms with Gasteiger partial charge in [-0.3, -0.25) is 0 Å². The van der Waals surface area contributed by atoms with E-state index in [2.05, 4.69) is 60.2 Å². The molecular formula is C20H15BrN6O. The number of aryl methyl sites for hydroxylation is 1. The van der Waals surface area contributed by atoms with E-state index in [-0.39, 0.29) is 0 Å². The van der Waals surface area contributed by atoms with Crippen molar-refractivity contribution >= 4 is 26.8 Å². The second kappa shape index (κ2) is 6.72. The molecule has 0 aliphatic rings. The summed E-state index contributed by atoms with van der Waals surface area (Å²) >= 11 is 3.54. The van der Waals surface area contributed by atoms with Gasteiger partial charge in [-0.25, -0.2) is 9.67 Å². The molecule has 0 amide bonds. The summed E-state index contributed by atoms with van der Waals surface area (Å²) in [4.78, 5) is 12.4. The minimum atomic E-state index is 0.521. The van der Waals surface area contributed by atoms with Crippen LogP contribution in [0.4, 0.5) is 0 Å². The maximum atomic E-state index is 5.50. The Labute approximate surface area is 168 Å². The van der Waals surface area contributed by atoms with Gasteiger partial charge in [0.25, 0.3) is 0 Å². The highest BCUT2D eigenvalue weighted by Gasteiger charge is 2.15. The lowest BCUT2D eigenvalue weighted by atomic mass is 10.1. The van der Waals surface area contributed by atoms with E-state index in [9.17, 15) is 0 Å². The lowest BCUT2D eigenvalue weighted by Crippen LogP contribution is -1.97. The molecule has 5 rings (SSSR count). The van der Waals surface area contributed by atoms with Crippen molar-refractivity contribution in [1.82, 2.24) is 29.9 Å². The second-order valence-electron chi connectivity index (χ2n) is 6.46. The quantitative estimate of drug-likeness (QED) is 0.451. The number of hydrogen-bond donors (Lipinski definition) is 1. The minimum absolute atomic E-state index is 0.521. The first-order chi connectivity index (χ1) is 13.7. The van der Waals surface area contributed by atoms with Crippen LogP contribution in [0.25, 0.3) is 28.1 Å². The molecule has 0 radical (unpaired) electrons. The number of benzene rings is 1. The monoisotopic (exact) mass is 434 g/mol. The average Bonchev–Trinajstić information content (AvgIpc) is 3.44. The summed E-state index contributed by atoms with van der Waals surface area (Å²) < 4.78 is 8.23. The summed E-state index contributed by atoms with van der Waals surface area (Å²) in [5.41, 5.74) is 4.13. The lowest BCUT2D eigenvalue weighted by Gasteiger charge is -2.00. The van der Waals surface area contributed by atoms with Gasteiger partial charge in [0.05, 0.1) is 6.42 Å². The smallest absolute Gasteiger partial charge is 0.231 e. The number of H-pyrrole nitrogens is 1. The SMILES string of the molecule is Cc1[nH]c2ccc(Br)cc2c1Cc1nc(-c2ccc(-n3cccn3)nc2)no1. The van der Waals surface area contributed by atoms with Crippen LogP contribution in [0.2, 0.25) is 0 Å². The fourth-order valence-corrected chi connectivity index (χ4v) is 3.60. The molecular weight excluding hydrogens is 420 g/mol. The first kappa shape index (κ1) is 16.9. The first-order valence-electron chi connectivity index (χ1n) is 8.73. The van der Waals surface area contributed by atoms with E-state index < -0.39 is 0 Å². The van der Waals surface area contributed by atoms with Crippen molar-refractivity contribution in [2.24, 2.45) is 0 Å². The summed E-state index contributed by atoms with van der Waals surface area (Å²) in [6, 6.07) is 11.8. The average molecular weight is 435 g/mol. The first-order valence-corrected chi connectivity index (χ1v) is 9.52. The highest BCUT2D eigenvalue weighted by atomic mass is 79.9. The summed E-state index contributed by atoms with van der Waals surface area (Å²) in [6.07, 6.45) is 5.84. The Morgan fingerprint density at radius 1 is 1.21 bits per heavy atom. The van der Waals surface area contributed by atoms with Gasteiger partial charge in [-0.05, 0) is 48.9 Å². The van der Waals surface area contributed by atoms with Gasteiger partial charge in [-0.15, -0.1) is 0 Å². The number of fused-ring (bicyclic) bond motifs is 1. The van der Waals surface area contributed by atoms with Crippen LogP contribution in [0.3, 0.4) is 0 Å². The van der Waals surface area contributed by atoms with Crippen molar-refractivity contribution in [1.29, 1.82) is 0 Å². The van der Waals surface area contributed by atoms with E-state index in [1.54, 1.807) is 17.1 Å². The Kier molecular flexibility index (Phi) is 4.05. The standard InChI is InChI=1S/C20H15BrN6O/c1-12-15(16-9-14(21)4-5-17(16)24-12)10-19-25-20(26-28-19)13-3-6-18(22-11-13)27-8-2-7-23-27/h2-9,11,24H,10H2,1H3. The maximum Gasteiger partial charge on any atom is 0.231 e. The molecule has 0 atom stereocenters. The Morgan fingerprint density at radius 2 is 2.14 bits per heavy atom. The van der Waals surface area contributed by atoms with Gasteiger partial charge in [0.1, 0.15) is 0 Å². The van der Waals surface area contributed by atoms with Crippen molar-refractivity contribution in [3.8, 4) is 17.2 Å². The molecule has 0 spiro atoms. The number of rotatable bonds is 4. The Morgan fingerprint density at radius 3 is 2.93 bits per heavy atom. The third kappa shape index (κ3) is 3.01. The van der Waals surface area contributed by atoms with Crippen LogP contribution in [0.1, 0.15) is 17.1 Å². The summed E-state index contributed by atoms with van der Waals surface area (Å²) in [5, 5.41) is 9.44. The van der Waals surface area contributed by atoms with E-state index in [1.807, 2.05) is 30.5 Å². The normalized spacial score (nSPS) is 11.4. The Bertz CT molecular complexity index is 1250. The molecule has 8 heteroatoms. The van der Waals surface area contributed by atoms with Gasteiger partial charge in [0.15, 0.2) is 5.82 Å². The molecule has 7 nitrogen and oxygen atoms in total. The Hall–Kier alpha value is -3.26. The minimum Gasteiger partial charge on any atom is -0.358 e. The number of halogens is 1. The van der Waals surface area contributed by atoms with Crippen LogP contribution in [0.5, 0.6) is 0 Å². The van der Waals surface area contributed by atoms with Crippen LogP contribution < -0.4 is 0 Å². The highest BCUT2D eigenvalue weighted by molar-refractivity contribution is 9.10. The van der Waals surface area contributed by atoms with Crippen molar-refractivity contribution in [3.05, 3.63) is 76.6 Å². The zero-order valence-corrected chi connectivity index (χ0v) is 16.5. The predicted molar refractivity (Wildman–Crippen MR) is 108 cm³/mol. The molecule has 0 aliphatic carbocycles. The molecule has 4 aromatic heterocycles. The summed E-state index contributed by atoms with van der Waals surface area (Å²) in [6.45, 7) is 2.05. The highest BCUT2D eigenvalue weighted by Crippen LogP contribution is 2.27. The van der Waals surface area contributed by atoms with E-state index in [0.717, 1.165) is 38.0 Å². The fraction of sp³-hybridized carbons (Fsp3) is 0.100. The number of hydrogen-bond acceptors (Lipinski definition) is 5. The van der Waals surface area contributed by atoms with Crippen molar-refractivity contribution in [3.63, 3.8) is 0 Å². The van der Waals surface area contributed by atoms with E-state index in [4.69, 9.17) is 4.52 Å². The van der Waals surface area contributed by atoms with Crippen LogP contribution in [0.15, 0.2) is 64.0 Å². The molecule has 1 aromatic carbocycles. The molecule has 1 N–H and O–H groups in total. The number of pyridine rings is 1. The number of nitrogens with zero attached hydrogens (tertiary/aromatic N) is 5. The van der Waals surface area contributed by atoms with E-state index >= 15 is 0 Å². The molecule has 28 heavy (non-hydrogen) atoms. The molecule has 5 aromatic rings. The molecule has 0 unspecified atom stereocenters. The number of aromatic amines is 1. The van der Waals surface area contributed by atoms with E-state index in [1.165, 1.54) is 0 Å². The van der Waals surface area contributed by atoms with Gasteiger partial charge < -0.3 is 9.51 Å². The van der Waals surface area contributed by atoms with Crippen LogP contribution in [-0.4, -0.2) is 29.9 Å². The van der Waals surface area contributed by atoms with E-state index in [0.29, 0.717) is 18.1 Å². The molecule has 4 heterocycles. The Balaban J connectivity index is 1.43. The zero-order chi connectivity index (χ0) is 19.1. The summed E-state index contributed by atoms with van der Waals surface area (Å²) in [5.74, 6) is 1.82. The third-order valence-electron chi connectivity index (χ3n) is 4.62. The second-order valence-corrected chi connectivity index (χ2v) is 7.38. The van der Waals surface area contributed by atoms with Gasteiger partial charge in [0, 0.05) is 45.2 Å². The van der Waals surface area contributed by atoms with Crippen LogP contribution >= 0.6 is 15.9 Å². The number of aromatic nitrogens is 6. The molecule has 0 aliphatic heterocycles. The topological polar surface area (TPSA) is 85.4 Å². The number of nitrogens with one attached hydrogen (secondary N) is 1. The molecule has 0 bridgehead atoms. The molecule has 0 fully saturated rings. The maximum absolute atomic E-state index is 5.50. The third-order valence-corrected chi connectivity index (χ3v) is 5.12. The van der Waals surface area contributed by atoms with Crippen molar-refractivity contribution < 1.29 is 4.52 Å². The van der Waals surface area contributed by atoms with Gasteiger partial charge >= 0.3 is 0 Å². The zero-order valence-electron chi connectivity index (χ0n) is 14.9.